The molecule has 4 rings (SSSR count). The summed E-state index contributed by atoms with van der Waals surface area (Å²) in [5, 5.41) is 12.6. The normalized spacial score (nSPS) is 21.5. The number of H-pyrrole nitrogens is 1. The number of aryl methyl sites for hydroxylation is 1. The minimum absolute atomic E-state index is 0.0327. The number of carbonyl (C=O) groups is 2. The fourth-order valence-electron chi connectivity index (χ4n) is 5.70. The minimum atomic E-state index is -1.03. The van der Waals surface area contributed by atoms with Crippen molar-refractivity contribution in [2.75, 3.05) is 20.4 Å². The molecule has 1 saturated carbocycles. The maximum atomic E-state index is 13.7. The lowest BCUT2D eigenvalue weighted by Gasteiger charge is -2.37. The third-order valence-electron chi connectivity index (χ3n) is 7.25. The van der Waals surface area contributed by atoms with Crippen LogP contribution in [0.1, 0.15) is 55.2 Å². The Balaban J connectivity index is 1.81. The Bertz CT molecular complexity index is 1340. The van der Waals surface area contributed by atoms with Gasteiger partial charge < -0.3 is 14.6 Å². The molecule has 0 saturated heterocycles. The van der Waals surface area contributed by atoms with Gasteiger partial charge in [-0.25, -0.2) is 14.6 Å². The highest BCUT2D eigenvalue weighted by atomic mass is 16.5. The van der Waals surface area contributed by atoms with Gasteiger partial charge in [-0.05, 0) is 37.5 Å². The van der Waals surface area contributed by atoms with E-state index in [1.807, 2.05) is 31.2 Å². The van der Waals surface area contributed by atoms with E-state index in [2.05, 4.69) is 30.7 Å². The molecule has 38 heavy (non-hydrogen) atoms. The molecule has 2 heterocycles. The molecule has 0 aliphatic heterocycles. The first-order chi connectivity index (χ1) is 18.1. The van der Waals surface area contributed by atoms with Gasteiger partial charge in [0.05, 0.1) is 25.5 Å². The Morgan fingerprint density at radius 3 is 2.45 bits per heavy atom. The number of methoxy groups -OCH3 is 1. The van der Waals surface area contributed by atoms with Gasteiger partial charge in [0.2, 0.25) is 5.69 Å². The molecule has 2 unspecified atom stereocenters. The van der Waals surface area contributed by atoms with E-state index < -0.39 is 11.9 Å². The Morgan fingerprint density at radius 2 is 1.87 bits per heavy atom. The summed E-state index contributed by atoms with van der Waals surface area (Å²) in [4.78, 5) is 35.1. The van der Waals surface area contributed by atoms with Crippen LogP contribution in [0.3, 0.4) is 0 Å². The van der Waals surface area contributed by atoms with E-state index in [9.17, 15) is 14.7 Å². The third-order valence-corrected chi connectivity index (χ3v) is 7.25. The number of nitrogens with one attached hydrogen (secondary N) is 1. The van der Waals surface area contributed by atoms with Crippen molar-refractivity contribution in [2.45, 2.75) is 53.2 Å². The molecule has 1 aliphatic carbocycles. The molecule has 202 valence electrons. The number of carboxylic acids is 1. The van der Waals surface area contributed by atoms with E-state index in [1.54, 1.807) is 4.52 Å². The zero-order valence-electron chi connectivity index (χ0n) is 22.5. The predicted molar refractivity (Wildman–Crippen MR) is 142 cm³/mol. The van der Waals surface area contributed by atoms with Crippen LogP contribution in [0.25, 0.3) is 21.9 Å². The number of esters is 1. The first kappa shape index (κ1) is 27.4. The molecule has 0 radical (unpaired) electrons. The number of aromatic amines is 1. The Morgan fingerprint density at radius 1 is 1.21 bits per heavy atom. The van der Waals surface area contributed by atoms with Gasteiger partial charge in [0.25, 0.3) is 0 Å². The van der Waals surface area contributed by atoms with Crippen molar-refractivity contribution in [3.05, 3.63) is 52.5 Å². The summed E-state index contributed by atoms with van der Waals surface area (Å²) < 4.78 is 12.9. The number of aliphatic carboxylic acids is 1. The maximum absolute atomic E-state index is 13.7. The van der Waals surface area contributed by atoms with Crippen molar-refractivity contribution in [1.82, 2.24) is 19.5 Å². The molecule has 2 atom stereocenters. The molecule has 10 nitrogen and oxygen atoms in total. The smallest absolute Gasteiger partial charge is 0.331 e. The van der Waals surface area contributed by atoms with E-state index in [0.29, 0.717) is 17.4 Å². The third kappa shape index (κ3) is 5.59. The van der Waals surface area contributed by atoms with Crippen LogP contribution < -0.4 is 0 Å². The van der Waals surface area contributed by atoms with Crippen molar-refractivity contribution in [3.8, 4) is 11.4 Å². The lowest BCUT2D eigenvalue weighted by molar-refractivity contribution is -0.139. The van der Waals surface area contributed by atoms with Gasteiger partial charge in [-0.15, -0.1) is 0 Å². The van der Waals surface area contributed by atoms with Crippen LogP contribution in [0, 0.1) is 31.2 Å². The van der Waals surface area contributed by atoms with E-state index >= 15 is 0 Å². The summed E-state index contributed by atoms with van der Waals surface area (Å²) >= 11 is 0. The van der Waals surface area contributed by atoms with Crippen molar-refractivity contribution < 1.29 is 24.2 Å². The molecule has 2 N–H and O–H groups in total. The second kappa shape index (κ2) is 11.4. The van der Waals surface area contributed by atoms with E-state index in [0.717, 1.165) is 24.0 Å². The number of carboxylic acid groups (broad SMARTS) is 1. The van der Waals surface area contributed by atoms with Crippen LogP contribution in [0.2, 0.25) is 0 Å². The van der Waals surface area contributed by atoms with Crippen molar-refractivity contribution in [3.63, 3.8) is 0 Å². The van der Waals surface area contributed by atoms with Crippen LogP contribution in [-0.2, 0) is 20.8 Å². The Labute approximate surface area is 222 Å². The average Bonchev–Trinajstić information content (AvgIpc) is 3.39. The van der Waals surface area contributed by atoms with Gasteiger partial charge in [0, 0.05) is 19.2 Å². The second-order valence-electron chi connectivity index (χ2n) is 10.6. The quantitative estimate of drug-likeness (QED) is 0.234. The number of hydrogen-bond donors (Lipinski definition) is 2. The number of carbonyl (C=O) groups excluding carboxylic acids is 1. The Hall–Kier alpha value is -3.68. The van der Waals surface area contributed by atoms with Gasteiger partial charge in [-0.3, -0.25) is 19.3 Å². The van der Waals surface area contributed by atoms with Gasteiger partial charge >= 0.3 is 11.9 Å². The fraction of sp³-hybridized carbons (Fsp3) is 0.500. The van der Waals surface area contributed by atoms with Gasteiger partial charge in [0.15, 0.2) is 11.5 Å². The maximum Gasteiger partial charge on any atom is 0.331 e. The molecular formula is C28H35N5O5. The molecule has 2 aromatic heterocycles. The van der Waals surface area contributed by atoms with Crippen LogP contribution in [0.5, 0.6) is 0 Å². The topological polar surface area (TPSA) is 114 Å². The molecular weight excluding hydrogens is 486 g/mol. The summed E-state index contributed by atoms with van der Waals surface area (Å²) in [6.07, 6.45) is 1.67. The summed E-state index contributed by atoms with van der Waals surface area (Å²) in [5.74, 6) is -0.138. The number of hydrogen-bond acceptors (Lipinski definition) is 6. The highest BCUT2D eigenvalue weighted by Gasteiger charge is 2.37. The van der Waals surface area contributed by atoms with Crippen molar-refractivity contribution >= 4 is 23.3 Å². The lowest BCUT2D eigenvalue weighted by atomic mass is 9.75. The van der Waals surface area contributed by atoms with Gasteiger partial charge in [-0.1, -0.05) is 50.6 Å². The van der Waals surface area contributed by atoms with E-state index in [-0.39, 0.29) is 54.7 Å². The standard InChI is InChI=1S/C28H35N5O5/c1-16-7-9-20(10-8-16)26-30-27-23(28(36)38-25-18(3)11-17(2)12-19(25)4)24(29-5)21(33(27)31-26)13-32(15-37-6)14-22(34)35/h7-10,17-19,25H,11-15H2,1-4,6H3,(H,30,31)(H,34,35). The number of aromatic nitrogens is 3. The monoisotopic (exact) mass is 521 g/mol. The van der Waals surface area contributed by atoms with Crippen molar-refractivity contribution in [1.29, 1.82) is 0 Å². The number of benzene rings is 1. The minimum Gasteiger partial charge on any atom is -0.480 e. The predicted octanol–water partition coefficient (Wildman–Crippen LogP) is 4.91. The molecule has 1 aliphatic rings. The Kier molecular flexibility index (Phi) is 8.19. The zero-order chi connectivity index (χ0) is 27.6. The summed E-state index contributed by atoms with van der Waals surface area (Å²) in [6.45, 7) is 16.1. The molecule has 3 aromatic rings. The molecule has 1 fully saturated rings. The van der Waals surface area contributed by atoms with Gasteiger partial charge in [-0.2, -0.15) is 0 Å². The van der Waals surface area contributed by atoms with Crippen LogP contribution in [-0.4, -0.2) is 63.0 Å². The first-order valence-electron chi connectivity index (χ1n) is 12.8. The van der Waals surface area contributed by atoms with Crippen LogP contribution >= 0.6 is 0 Å². The van der Waals surface area contributed by atoms with E-state index in [4.69, 9.17) is 21.0 Å². The zero-order valence-corrected chi connectivity index (χ0v) is 22.5. The molecule has 10 heteroatoms. The molecule has 0 spiro atoms. The van der Waals surface area contributed by atoms with Gasteiger partial charge in [0.1, 0.15) is 11.7 Å². The lowest BCUT2D eigenvalue weighted by Crippen LogP contribution is -2.37. The average molecular weight is 522 g/mol. The molecule has 1 aromatic carbocycles. The highest BCUT2D eigenvalue weighted by molar-refractivity contribution is 6.04. The van der Waals surface area contributed by atoms with Crippen molar-refractivity contribution in [2.24, 2.45) is 17.8 Å². The number of nitrogens with zero attached hydrogens (tertiary/aromatic N) is 4. The SMILES string of the molecule is [C-]#[N+]c1c(C(=O)OC2C(C)CC(C)CC2C)c2nc(-c3ccc(C)cc3)[nH]n2c1CN(COC)CC(=O)O. The summed E-state index contributed by atoms with van der Waals surface area (Å²) in [6, 6.07) is 7.78. The number of rotatable bonds is 9. The fourth-order valence-corrected chi connectivity index (χ4v) is 5.70. The largest absolute Gasteiger partial charge is 0.480 e. The second-order valence-corrected chi connectivity index (χ2v) is 10.6. The highest BCUT2D eigenvalue weighted by Crippen LogP contribution is 2.38. The van der Waals surface area contributed by atoms with Crippen LogP contribution in [0.15, 0.2) is 24.3 Å². The van der Waals surface area contributed by atoms with Crippen LogP contribution in [0.4, 0.5) is 5.69 Å². The first-order valence-corrected chi connectivity index (χ1v) is 12.8. The number of ether oxygens (including phenoxy) is 2. The number of fused-ring (bicyclic) bond motifs is 1. The van der Waals surface area contributed by atoms with E-state index in [1.165, 1.54) is 12.0 Å². The summed E-state index contributed by atoms with van der Waals surface area (Å²) in [5.41, 5.74) is 2.81. The molecule has 0 bridgehead atoms. The summed E-state index contributed by atoms with van der Waals surface area (Å²) in [7, 11) is 1.47. The molecule has 0 amide bonds.